The first-order valence-electron chi connectivity index (χ1n) is 9.85. The zero-order chi connectivity index (χ0) is 21.1. The van der Waals surface area contributed by atoms with Crippen molar-refractivity contribution >= 4 is 22.8 Å². The van der Waals surface area contributed by atoms with Crippen molar-refractivity contribution in [2.75, 3.05) is 11.9 Å². The molecule has 0 fully saturated rings. The Hall–Kier alpha value is -3.67. The highest BCUT2D eigenvalue weighted by molar-refractivity contribution is 5.92. The summed E-state index contributed by atoms with van der Waals surface area (Å²) in [7, 11) is 0. The van der Waals surface area contributed by atoms with Gasteiger partial charge < -0.3 is 14.5 Å². The second-order valence-corrected chi connectivity index (χ2v) is 7.46. The lowest BCUT2D eigenvalue weighted by Gasteiger charge is -2.15. The molecule has 0 radical (unpaired) electrons. The van der Waals surface area contributed by atoms with E-state index in [1.54, 1.807) is 12.3 Å². The van der Waals surface area contributed by atoms with Crippen molar-refractivity contribution in [3.8, 4) is 17.2 Å². The summed E-state index contributed by atoms with van der Waals surface area (Å²) >= 11 is 0. The minimum absolute atomic E-state index is 0.0692. The van der Waals surface area contributed by atoms with Gasteiger partial charge in [-0.15, -0.1) is 0 Å². The van der Waals surface area contributed by atoms with Gasteiger partial charge in [-0.1, -0.05) is 32.0 Å². The van der Waals surface area contributed by atoms with E-state index in [0.717, 1.165) is 22.4 Å². The molecule has 4 aromatic rings. The lowest BCUT2D eigenvalue weighted by molar-refractivity contribution is -0.118. The Labute approximate surface area is 174 Å². The predicted molar refractivity (Wildman–Crippen MR) is 117 cm³/mol. The van der Waals surface area contributed by atoms with Crippen LogP contribution in [0.4, 0.5) is 5.69 Å². The second-order valence-electron chi connectivity index (χ2n) is 7.46. The summed E-state index contributed by atoms with van der Waals surface area (Å²) in [6, 6.07) is 17.0. The van der Waals surface area contributed by atoms with Crippen LogP contribution in [0.5, 0.6) is 5.75 Å². The smallest absolute Gasteiger partial charge is 0.262 e. The average molecular weight is 401 g/mol. The lowest BCUT2D eigenvalue weighted by Crippen LogP contribution is -2.20. The summed E-state index contributed by atoms with van der Waals surface area (Å²) in [5.41, 5.74) is 4.75. The molecular weight excluding hydrogens is 378 g/mol. The number of fused-ring (bicyclic) bond motifs is 1. The topological polar surface area (TPSA) is 77.2 Å². The number of carbonyl (C=O) groups is 1. The first-order valence-corrected chi connectivity index (χ1v) is 9.85. The maximum atomic E-state index is 12.5. The first-order chi connectivity index (χ1) is 14.5. The largest absolute Gasteiger partial charge is 0.483 e. The molecular formula is C24H23N3O3. The van der Waals surface area contributed by atoms with E-state index in [4.69, 9.17) is 9.15 Å². The molecule has 0 unspecified atom stereocenters. The van der Waals surface area contributed by atoms with E-state index in [2.05, 4.69) is 35.2 Å². The summed E-state index contributed by atoms with van der Waals surface area (Å²) < 4.78 is 11.6. The highest BCUT2D eigenvalue weighted by Gasteiger charge is 2.12. The van der Waals surface area contributed by atoms with E-state index in [-0.39, 0.29) is 12.5 Å². The number of carbonyl (C=O) groups excluding carboxylic acids is 1. The van der Waals surface area contributed by atoms with Crippen molar-refractivity contribution < 1.29 is 13.9 Å². The fraction of sp³-hybridized carbons (Fsp3) is 0.208. The van der Waals surface area contributed by atoms with Gasteiger partial charge in [0.1, 0.15) is 5.75 Å². The number of benzene rings is 2. The fourth-order valence-electron chi connectivity index (χ4n) is 3.21. The number of hydrogen-bond acceptors (Lipinski definition) is 5. The molecule has 4 rings (SSSR count). The Balaban J connectivity index is 1.45. The van der Waals surface area contributed by atoms with Crippen molar-refractivity contribution in [3.63, 3.8) is 0 Å². The van der Waals surface area contributed by atoms with Gasteiger partial charge in [0.05, 0.1) is 0 Å². The number of nitrogens with one attached hydrogen (secondary N) is 1. The minimum atomic E-state index is -0.234. The van der Waals surface area contributed by atoms with Crippen LogP contribution in [0, 0.1) is 6.92 Å². The van der Waals surface area contributed by atoms with Crippen LogP contribution < -0.4 is 10.1 Å². The van der Waals surface area contributed by atoms with E-state index in [0.29, 0.717) is 28.7 Å². The monoisotopic (exact) mass is 401 g/mol. The molecule has 6 heteroatoms. The zero-order valence-corrected chi connectivity index (χ0v) is 17.2. The maximum Gasteiger partial charge on any atom is 0.262 e. The number of pyridine rings is 1. The summed E-state index contributed by atoms with van der Waals surface area (Å²) in [6.45, 7) is 6.14. The Morgan fingerprint density at radius 3 is 2.80 bits per heavy atom. The van der Waals surface area contributed by atoms with Gasteiger partial charge in [-0.05, 0) is 60.4 Å². The number of aromatic nitrogens is 2. The van der Waals surface area contributed by atoms with Gasteiger partial charge >= 0.3 is 0 Å². The Morgan fingerprint density at radius 1 is 1.13 bits per heavy atom. The van der Waals surface area contributed by atoms with Gasteiger partial charge in [0, 0.05) is 17.4 Å². The minimum Gasteiger partial charge on any atom is -0.483 e. The summed E-state index contributed by atoms with van der Waals surface area (Å²) in [5, 5.41) is 2.87. The standard InChI is InChI=1S/C24H23N3O3/c1-15(2)19-10-9-16(3)12-21(19)29-14-22(28)26-18-7-4-6-17(13-18)24-27-23-20(30-24)8-5-11-25-23/h4-13,15H,14H2,1-3H3,(H,26,28). The number of anilines is 1. The van der Waals surface area contributed by atoms with Crippen LogP contribution in [-0.4, -0.2) is 22.5 Å². The number of ether oxygens (including phenoxy) is 1. The zero-order valence-electron chi connectivity index (χ0n) is 17.2. The molecule has 0 bridgehead atoms. The number of amides is 1. The Kier molecular flexibility index (Phi) is 5.48. The predicted octanol–water partition coefficient (Wildman–Crippen LogP) is 5.34. The van der Waals surface area contributed by atoms with Crippen LogP contribution >= 0.6 is 0 Å². The summed E-state index contributed by atoms with van der Waals surface area (Å²) in [6.07, 6.45) is 1.67. The van der Waals surface area contributed by atoms with E-state index in [1.165, 1.54) is 0 Å². The Morgan fingerprint density at radius 2 is 2.00 bits per heavy atom. The first kappa shape index (κ1) is 19.6. The normalized spacial score (nSPS) is 11.1. The van der Waals surface area contributed by atoms with Crippen LogP contribution in [0.2, 0.25) is 0 Å². The molecule has 0 aliphatic rings. The van der Waals surface area contributed by atoms with Crippen LogP contribution in [0.1, 0.15) is 30.9 Å². The second kappa shape index (κ2) is 8.37. The van der Waals surface area contributed by atoms with Gasteiger partial charge in [0.2, 0.25) is 5.89 Å². The Bertz CT molecular complexity index is 1160. The quantitative estimate of drug-likeness (QED) is 0.472. The fourth-order valence-corrected chi connectivity index (χ4v) is 3.21. The highest BCUT2D eigenvalue weighted by Crippen LogP contribution is 2.28. The molecule has 0 spiro atoms. The SMILES string of the molecule is Cc1ccc(C(C)C)c(OCC(=O)Nc2cccc(-c3nc4ncccc4o3)c2)c1. The average Bonchev–Trinajstić information content (AvgIpc) is 3.17. The third-order valence-corrected chi connectivity index (χ3v) is 4.71. The third kappa shape index (κ3) is 4.33. The van der Waals surface area contributed by atoms with E-state index in [1.807, 2.05) is 49.4 Å². The molecule has 0 atom stereocenters. The van der Waals surface area contributed by atoms with Crippen molar-refractivity contribution in [1.82, 2.24) is 9.97 Å². The molecule has 0 saturated carbocycles. The van der Waals surface area contributed by atoms with Crippen molar-refractivity contribution in [2.45, 2.75) is 26.7 Å². The van der Waals surface area contributed by atoms with Crippen LogP contribution in [0.15, 0.2) is 65.2 Å². The number of rotatable bonds is 6. The number of aryl methyl sites for hydroxylation is 1. The van der Waals surface area contributed by atoms with E-state index < -0.39 is 0 Å². The van der Waals surface area contributed by atoms with Gasteiger partial charge in [-0.2, -0.15) is 4.98 Å². The summed E-state index contributed by atoms with van der Waals surface area (Å²) in [5.74, 6) is 1.28. The van der Waals surface area contributed by atoms with Gasteiger partial charge in [-0.25, -0.2) is 4.98 Å². The number of hydrogen-bond donors (Lipinski definition) is 1. The molecule has 0 aliphatic heterocycles. The summed E-state index contributed by atoms with van der Waals surface area (Å²) in [4.78, 5) is 21.0. The number of oxazole rings is 1. The molecule has 0 aliphatic carbocycles. The van der Waals surface area contributed by atoms with Gasteiger partial charge in [-0.3, -0.25) is 4.79 Å². The maximum absolute atomic E-state index is 12.5. The molecule has 2 aromatic heterocycles. The molecule has 30 heavy (non-hydrogen) atoms. The molecule has 6 nitrogen and oxygen atoms in total. The molecule has 1 amide bonds. The van der Waals surface area contributed by atoms with E-state index in [9.17, 15) is 4.79 Å². The van der Waals surface area contributed by atoms with Crippen molar-refractivity contribution in [2.24, 2.45) is 0 Å². The van der Waals surface area contributed by atoms with Crippen molar-refractivity contribution in [1.29, 1.82) is 0 Å². The van der Waals surface area contributed by atoms with Crippen LogP contribution in [0.25, 0.3) is 22.7 Å². The van der Waals surface area contributed by atoms with Gasteiger partial charge in [0.15, 0.2) is 17.8 Å². The highest BCUT2D eigenvalue weighted by atomic mass is 16.5. The third-order valence-electron chi connectivity index (χ3n) is 4.71. The molecule has 152 valence electrons. The van der Waals surface area contributed by atoms with E-state index >= 15 is 0 Å². The number of nitrogens with zero attached hydrogens (tertiary/aromatic N) is 2. The lowest BCUT2D eigenvalue weighted by atomic mass is 10.0. The van der Waals surface area contributed by atoms with Gasteiger partial charge in [0.25, 0.3) is 5.91 Å². The molecule has 1 N–H and O–H groups in total. The van der Waals surface area contributed by atoms with Crippen LogP contribution in [0.3, 0.4) is 0 Å². The molecule has 2 aromatic carbocycles. The van der Waals surface area contributed by atoms with Crippen LogP contribution in [-0.2, 0) is 4.79 Å². The van der Waals surface area contributed by atoms with Crippen molar-refractivity contribution in [3.05, 3.63) is 71.9 Å². The molecule has 0 saturated heterocycles. The molecule has 2 heterocycles.